The number of halogens is 6. The van der Waals surface area contributed by atoms with E-state index in [0.29, 0.717) is 5.69 Å². The molecule has 0 spiro atoms. The van der Waals surface area contributed by atoms with Crippen LogP contribution in [0, 0.1) is 22.2 Å². The Kier molecular flexibility index (Phi) is 17.5. The minimum atomic E-state index is -2.64. The zero-order valence-electron chi connectivity index (χ0n) is 41.2. The number of ether oxygens (including phenoxy) is 8. The van der Waals surface area contributed by atoms with Crippen LogP contribution in [-0.4, -0.2) is 134 Å². The predicted octanol–water partition coefficient (Wildman–Crippen LogP) is 8.29. The molecule has 4 N–H and O–H groups in total. The highest BCUT2D eigenvalue weighted by Gasteiger charge is 2.79. The van der Waals surface area contributed by atoms with E-state index in [1.807, 2.05) is 0 Å². The van der Waals surface area contributed by atoms with Gasteiger partial charge in [-0.05, 0) is 54.7 Å². The SMILES string of the molecule is CC(=O)O[C@@]12CO[C@@H]1C[C@H](OC(=O)OCC(Cl)(Cl)Cl)[C@@]1(C)C(=O)[C@H](OC(=O)OCC(Cl)(Cl)Cl)C3=C(C)[C@@H](OC(=O)[C@H](O)[C@@H](NC(=O)Nc4ccccc4)C(C)(C)C)C[C@@](O)([C@@H](OC(=O)c4ccccc4)[C@H]21)C3(C)C. The summed E-state index contributed by atoms with van der Waals surface area (Å²) in [5, 5.41) is 31.1. The normalized spacial score (nSPS) is 29.2. The van der Waals surface area contributed by atoms with E-state index >= 15 is 4.79 Å². The van der Waals surface area contributed by atoms with Crippen molar-refractivity contribution in [2.24, 2.45) is 22.2 Å². The number of nitrogens with one attached hydrogen (secondary N) is 2. The van der Waals surface area contributed by atoms with Gasteiger partial charge >= 0.3 is 36.2 Å². The number of carbonyl (C=O) groups excluding carboxylic acids is 7. The number of aliphatic hydroxyl groups is 2. The quantitative estimate of drug-likeness (QED) is 0.0674. The van der Waals surface area contributed by atoms with Crippen molar-refractivity contribution in [3.8, 4) is 0 Å². The number of fused-ring (bicyclic) bond motifs is 5. The smallest absolute Gasteiger partial charge is 0.456 e. The van der Waals surface area contributed by atoms with Gasteiger partial charge in [-0.3, -0.25) is 9.59 Å². The van der Waals surface area contributed by atoms with Crippen LogP contribution in [0.25, 0.3) is 0 Å². The van der Waals surface area contributed by atoms with Gasteiger partial charge in [0.05, 0.1) is 29.5 Å². The van der Waals surface area contributed by atoms with E-state index in [1.54, 1.807) is 57.2 Å². The van der Waals surface area contributed by atoms with Gasteiger partial charge < -0.3 is 58.7 Å². The molecule has 3 aliphatic carbocycles. The van der Waals surface area contributed by atoms with Crippen molar-refractivity contribution in [2.45, 2.75) is 130 Å². The van der Waals surface area contributed by atoms with Crippen LogP contribution < -0.4 is 10.6 Å². The van der Waals surface area contributed by atoms with E-state index in [0.717, 1.165) is 6.92 Å². The van der Waals surface area contributed by atoms with Crippen molar-refractivity contribution in [2.75, 3.05) is 25.1 Å². The Labute approximate surface area is 456 Å². The average Bonchev–Trinajstić information content (AvgIpc) is 3.29. The molecular weight excluding hydrogens is 1100 g/mol. The van der Waals surface area contributed by atoms with E-state index in [2.05, 4.69) is 10.6 Å². The van der Waals surface area contributed by atoms with E-state index in [9.17, 15) is 39.0 Å². The number of amides is 2. The lowest BCUT2D eigenvalue weighted by molar-refractivity contribution is -0.346. The molecule has 2 saturated carbocycles. The number of hydrogen-bond acceptors (Lipinski definition) is 17. The molecule has 19 nitrogen and oxygen atoms in total. The highest BCUT2D eigenvalue weighted by molar-refractivity contribution is 6.68. The number of ketones is 1. The Bertz CT molecular complexity index is 2520. The summed E-state index contributed by atoms with van der Waals surface area (Å²) in [5.41, 5.74) is -9.95. The number of alkyl halides is 6. The fourth-order valence-corrected chi connectivity index (χ4v) is 10.8. The van der Waals surface area contributed by atoms with Crippen LogP contribution in [0.3, 0.4) is 0 Å². The number of Topliss-reactive ketones (excluding diaryl/α,β-unsaturated/α-hetero) is 1. The minimum Gasteiger partial charge on any atom is -0.456 e. The van der Waals surface area contributed by atoms with Crippen molar-refractivity contribution in [3.63, 3.8) is 0 Å². The number of rotatable bonds is 12. The summed E-state index contributed by atoms with van der Waals surface area (Å²) in [4.78, 5) is 99.5. The maximum absolute atomic E-state index is 16.3. The molecule has 4 aliphatic rings. The van der Waals surface area contributed by atoms with Crippen LogP contribution in [0.15, 0.2) is 71.8 Å². The second-order valence-electron chi connectivity index (χ2n) is 20.3. The second kappa shape index (κ2) is 22.0. The first-order valence-corrected chi connectivity index (χ1v) is 25.3. The first kappa shape index (κ1) is 58.9. The first-order chi connectivity index (χ1) is 34.2. The van der Waals surface area contributed by atoms with Gasteiger partial charge in [0.25, 0.3) is 0 Å². The van der Waals surface area contributed by atoms with E-state index in [-0.39, 0.29) is 16.7 Å². The third-order valence-electron chi connectivity index (χ3n) is 14.1. The van der Waals surface area contributed by atoms with Gasteiger partial charge in [-0.1, -0.05) is 141 Å². The molecule has 2 aromatic carbocycles. The Hall–Kier alpha value is -4.31. The van der Waals surface area contributed by atoms with Gasteiger partial charge in [0, 0.05) is 30.9 Å². The van der Waals surface area contributed by atoms with Crippen LogP contribution in [0.5, 0.6) is 0 Å². The van der Waals surface area contributed by atoms with Crippen LogP contribution in [-0.2, 0) is 52.3 Å². The lowest BCUT2D eigenvalue weighted by Crippen LogP contribution is -2.82. The molecule has 2 amide bonds. The lowest BCUT2D eigenvalue weighted by atomic mass is 9.44. The van der Waals surface area contributed by atoms with Crippen molar-refractivity contribution < 1.29 is 81.7 Å². The van der Waals surface area contributed by atoms with Gasteiger partial charge in [0.2, 0.25) is 7.59 Å². The number of urea groups is 1. The standard InChI is InChI=1S/C49H56Cl6N2O17/c1-24-28(70-39(62)32(59)35(43(3,4)5)57-40(63)56-27-17-13-10-14-18-27)20-47(66)37(73-38(61)26-15-11-9-12-16-26)34-45(8,36(60)33(31(24)44(47,6)7)72-42(65)69-23-49(53,54)55)29(71-41(64)68-22-48(50,51)52)19-30-46(34,21-67-30)74-25(2)58/h9-18,28-30,32-35,37,59,66H,19-23H2,1-8H3,(H2,56,57,63)/t28-,29-,30+,32+,33+,34-,35+,37-,45+,46-,47+/m0/s1. The molecule has 74 heavy (non-hydrogen) atoms. The summed E-state index contributed by atoms with van der Waals surface area (Å²) in [7, 11) is 0. The summed E-state index contributed by atoms with van der Waals surface area (Å²) < 4.78 is 42.5. The Morgan fingerprint density at radius 3 is 1.89 bits per heavy atom. The van der Waals surface area contributed by atoms with Crippen LogP contribution in [0.1, 0.15) is 78.6 Å². The molecule has 25 heteroatoms. The first-order valence-electron chi connectivity index (χ1n) is 23.0. The zero-order valence-corrected chi connectivity index (χ0v) is 45.7. The summed E-state index contributed by atoms with van der Waals surface area (Å²) in [6.45, 7) is 9.29. The summed E-state index contributed by atoms with van der Waals surface area (Å²) in [6.07, 6.45) is -15.4. The molecule has 0 aromatic heterocycles. The molecular formula is C49H56Cl6N2O17. The molecule has 2 aromatic rings. The van der Waals surface area contributed by atoms with Crippen molar-refractivity contribution >= 4 is 117 Å². The zero-order chi connectivity index (χ0) is 55.1. The van der Waals surface area contributed by atoms with E-state index in [4.69, 9.17) is 108 Å². The molecule has 406 valence electrons. The van der Waals surface area contributed by atoms with Gasteiger partial charge in [-0.2, -0.15) is 0 Å². The topological polar surface area (TPSA) is 258 Å². The largest absolute Gasteiger partial charge is 0.509 e. The second-order valence-corrected chi connectivity index (χ2v) is 25.4. The summed E-state index contributed by atoms with van der Waals surface area (Å²) in [6, 6.07) is 13.7. The summed E-state index contributed by atoms with van der Waals surface area (Å²) in [5.74, 6) is -6.29. The molecule has 2 bridgehead atoms. The third-order valence-corrected chi connectivity index (χ3v) is 14.7. The molecule has 6 rings (SSSR count). The summed E-state index contributed by atoms with van der Waals surface area (Å²) >= 11 is 35.4. The predicted molar refractivity (Wildman–Crippen MR) is 268 cm³/mol. The molecule has 0 unspecified atom stereocenters. The molecule has 1 aliphatic heterocycles. The maximum Gasteiger partial charge on any atom is 0.509 e. The Balaban J connectivity index is 1.58. The minimum absolute atomic E-state index is 0.0278. The number of benzene rings is 2. The number of anilines is 1. The van der Waals surface area contributed by atoms with Crippen molar-refractivity contribution in [1.82, 2.24) is 5.32 Å². The number of esters is 3. The van der Waals surface area contributed by atoms with Crippen LogP contribution in [0.4, 0.5) is 20.1 Å². The molecule has 11 atom stereocenters. The third kappa shape index (κ3) is 12.3. The number of aliphatic hydroxyl groups excluding tert-OH is 1. The number of para-hydroxylation sites is 1. The van der Waals surface area contributed by atoms with Gasteiger partial charge in [0.15, 0.2) is 23.6 Å². The van der Waals surface area contributed by atoms with Gasteiger partial charge in [0.1, 0.15) is 43.2 Å². The molecule has 1 heterocycles. The van der Waals surface area contributed by atoms with Gasteiger partial charge in [-0.15, -0.1) is 0 Å². The molecule has 1 saturated heterocycles. The van der Waals surface area contributed by atoms with Crippen molar-refractivity contribution in [3.05, 3.63) is 77.4 Å². The van der Waals surface area contributed by atoms with E-state index < -0.39 is 158 Å². The Morgan fingerprint density at radius 1 is 0.824 bits per heavy atom. The monoisotopic (exact) mass is 1150 g/mol. The van der Waals surface area contributed by atoms with E-state index in [1.165, 1.54) is 52.0 Å². The maximum atomic E-state index is 16.3. The van der Waals surface area contributed by atoms with Crippen molar-refractivity contribution in [1.29, 1.82) is 0 Å². The molecule has 3 fully saturated rings. The highest BCUT2D eigenvalue weighted by Crippen LogP contribution is 2.65. The van der Waals surface area contributed by atoms with Crippen LogP contribution >= 0.6 is 69.6 Å². The lowest BCUT2D eigenvalue weighted by Gasteiger charge is -2.67. The molecule has 0 radical (unpaired) electrons. The highest BCUT2D eigenvalue weighted by atomic mass is 35.6. The average molecular weight is 1160 g/mol. The number of hydrogen-bond donors (Lipinski definition) is 4. The number of carbonyl (C=O) groups is 7. The fraction of sp³-hybridized carbons (Fsp3) is 0.571. The van der Waals surface area contributed by atoms with Gasteiger partial charge in [-0.25, -0.2) is 24.0 Å². The van der Waals surface area contributed by atoms with Crippen LogP contribution in [0.2, 0.25) is 0 Å². The fourth-order valence-electron chi connectivity index (χ4n) is 10.5. The Morgan fingerprint density at radius 2 is 1.38 bits per heavy atom.